The molecule has 1 N–H and O–H groups in total. The van der Waals surface area contributed by atoms with Crippen LogP contribution in [0.1, 0.15) is 34.7 Å². The van der Waals surface area contributed by atoms with Crippen LogP contribution >= 0.6 is 0 Å². The molecule has 0 fully saturated rings. The van der Waals surface area contributed by atoms with Gasteiger partial charge in [-0.25, -0.2) is 0 Å². The Hall–Kier alpha value is -1.60. The van der Waals surface area contributed by atoms with Crippen molar-refractivity contribution in [3.05, 3.63) is 70.8 Å². The molecule has 0 radical (unpaired) electrons. The highest BCUT2D eigenvalue weighted by molar-refractivity contribution is 5.34. The van der Waals surface area contributed by atoms with Gasteiger partial charge in [-0.3, -0.25) is 0 Å². The normalized spacial score (nSPS) is 21.5. The summed E-state index contributed by atoms with van der Waals surface area (Å²) in [6, 6.07) is 18.3. The van der Waals surface area contributed by atoms with Gasteiger partial charge in [0.25, 0.3) is 0 Å². The average molecular weight is 265 g/mol. The van der Waals surface area contributed by atoms with Gasteiger partial charge in [-0.15, -0.1) is 0 Å². The lowest BCUT2D eigenvalue weighted by Gasteiger charge is -2.33. The molecule has 1 heteroatoms. The molecule has 0 amide bonds. The van der Waals surface area contributed by atoms with Crippen molar-refractivity contribution in [3.8, 4) is 0 Å². The van der Waals surface area contributed by atoms with Gasteiger partial charge < -0.3 is 5.32 Å². The molecular formula is C19H23N. The van der Waals surface area contributed by atoms with Crippen LogP contribution in [0.15, 0.2) is 48.5 Å². The molecule has 20 heavy (non-hydrogen) atoms. The Morgan fingerprint density at radius 1 is 1.10 bits per heavy atom. The second-order valence-corrected chi connectivity index (χ2v) is 5.96. The Labute approximate surface area is 122 Å². The van der Waals surface area contributed by atoms with Gasteiger partial charge in [-0.2, -0.15) is 0 Å². The molecule has 2 aromatic rings. The van der Waals surface area contributed by atoms with Gasteiger partial charge in [0.15, 0.2) is 0 Å². The van der Waals surface area contributed by atoms with Crippen LogP contribution < -0.4 is 5.32 Å². The van der Waals surface area contributed by atoms with Crippen molar-refractivity contribution in [1.82, 2.24) is 5.32 Å². The van der Waals surface area contributed by atoms with Crippen molar-refractivity contribution in [2.45, 2.75) is 32.2 Å². The van der Waals surface area contributed by atoms with Gasteiger partial charge in [0.05, 0.1) is 0 Å². The maximum Gasteiger partial charge on any atom is 0.0352 e. The van der Waals surface area contributed by atoms with E-state index in [2.05, 4.69) is 67.8 Å². The molecule has 0 saturated carbocycles. The molecule has 0 aliphatic heterocycles. The predicted octanol–water partition coefficient (Wildman–Crippen LogP) is 4.06. The second-order valence-electron chi connectivity index (χ2n) is 5.96. The zero-order valence-electron chi connectivity index (χ0n) is 12.4. The van der Waals surface area contributed by atoms with Crippen LogP contribution in [0.25, 0.3) is 0 Å². The van der Waals surface area contributed by atoms with Gasteiger partial charge in [0.2, 0.25) is 0 Å². The van der Waals surface area contributed by atoms with Gasteiger partial charge in [-0.1, -0.05) is 54.1 Å². The highest BCUT2D eigenvalue weighted by Crippen LogP contribution is 2.36. The van der Waals surface area contributed by atoms with Crippen LogP contribution in [-0.2, 0) is 12.8 Å². The summed E-state index contributed by atoms with van der Waals surface area (Å²) in [4.78, 5) is 0. The summed E-state index contributed by atoms with van der Waals surface area (Å²) in [5, 5.41) is 3.55. The number of hydrogen-bond acceptors (Lipinski definition) is 1. The predicted molar refractivity (Wildman–Crippen MR) is 84.9 cm³/mol. The summed E-state index contributed by atoms with van der Waals surface area (Å²) in [6.07, 6.45) is 3.66. The first-order chi connectivity index (χ1) is 9.78. The molecule has 2 atom stereocenters. The molecule has 0 spiro atoms. The van der Waals surface area contributed by atoms with Gasteiger partial charge in [0.1, 0.15) is 0 Å². The topological polar surface area (TPSA) is 12.0 Å². The molecule has 0 bridgehead atoms. The molecule has 3 rings (SSSR count). The van der Waals surface area contributed by atoms with Crippen molar-refractivity contribution < 1.29 is 0 Å². The van der Waals surface area contributed by atoms with Crippen molar-refractivity contribution in [3.63, 3.8) is 0 Å². The fraction of sp³-hybridized carbons (Fsp3) is 0.368. The summed E-state index contributed by atoms with van der Waals surface area (Å²) in [6.45, 7) is 2.18. The number of aryl methyl sites for hydroxylation is 2. The van der Waals surface area contributed by atoms with Crippen molar-refractivity contribution in [1.29, 1.82) is 0 Å². The van der Waals surface area contributed by atoms with E-state index in [0.29, 0.717) is 12.0 Å². The van der Waals surface area contributed by atoms with E-state index < -0.39 is 0 Å². The quantitative estimate of drug-likeness (QED) is 0.882. The lowest BCUT2D eigenvalue weighted by molar-refractivity contribution is 0.335. The second kappa shape index (κ2) is 5.80. The van der Waals surface area contributed by atoms with Crippen LogP contribution in [0.4, 0.5) is 0 Å². The average Bonchev–Trinajstić information content (AvgIpc) is 2.47. The Morgan fingerprint density at radius 3 is 2.75 bits per heavy atom. The molecule has 1 nitrogen and oxygen atoms in total. The van der Waals surface area contributed by atoms with Crippen molar-refractivity contribution in [2.24, 2.45) is 5.92 Å². The summed E-state index contributed by atoms with van der Waals surface area (Å²) in [7, 11) is 2.09. The van der Waals surface area contributed by atoms with E-state index in [1.54, 1.807) is 0 Å². The Kier molecular flexibility index (Phi) is 3.88. The van der Waals surface area contributed by atoms with Crippen LogP contribution in [0.3, 0.4) is 0 Å². The molecule has 0 aromatic heterocycles. The molecule has 0 saturated heterocycles. The third-order valence-electron chi connectivity index (χ3n) is 4.54. The fourth-order valence-corrected chi connectivity index (χ4v) is 3.58. The molecule has 0 heterocycles. The van der Waals surface area contributed by atoms with Gasteiger partial charge in [0, 0.05) is 6.04 Å². The summed E-state index contributed by atoms with van der Waals surface area (Å²) in [5.41, 5.74) is 5.85. The highest BCUT2D eigenvalue weighted by atomic mass is 14.9. The van der Waals surface area contributed by atoms with E-state index in [4.69, 9.17) is 0 Å². The molecule has 2 aromatic carbocycles. The summed E-state index contributed by atoms with van der Waals surface area (Å²) >= 11 is 0. The van der Waals surface area contributed by atoms with Gasteiger partial charge in [-0.05, 0) is 55.8 Å². The van der Waals surface area contributed by atoms with E-state index >= 15 is 0 Å². The van der Waals surface area contributed by atoms with E-state index in [9.17, 15) is 0 Å². The Bertz CT molecular complexity index is 588. The first-order valence-electron chi connectivity index (χ1n) is 7.58. The molecule has 1 aliphatic carbocycles. The standard InChI is InChI=1S/C19H23N/c1-14-6-5-7-15(12-14)13-17-11-10-16-8-3-4-9-18(16)19(17)20-2/h3-9,12,17,19-20H,10-11,13H2,1-2H3. The molecule has 1 aliphatic rings. The largest absolute Gasteiger partial charge is 0.313 e. The van der Waals surface area contributed by atoms with E-state index in [-0.39, 0.29) is 0 Å². The minimum Gasteiger partial charge on any atom is -0.313 e. The van der Waals surface area contributed by atoms with Crippen molar-refractivity contribution in [2.75, 3.05) is 7.05 Å². The van der Waals surface area contributed by atoms with Crippen LogP contribution in [0.2, 0.25) is 0 Å². The first-order valence-corrected chi connectivity index (χ1v) is 7.58. The fourth-order valence-electron chi connectivity index (χ4n) is 3.58. The van der Waals surface area contributed by atoms with Crippen molar-refractivity contribution >= 4 is 0 Å². The summed E-state index contributed by atoms with van der Waals surface area (Å²) < 4.78 is 0. The van der Waals surface area contributed by atoms with E-state index in [1.807, 2.05) is 0 Å². The lowest BCUT2D eigenvalue weighted by Crippen LogP contribution is -2.31. The van der Waals surface area contributed by atoms with Gasteiger partial charge >= 0.3 is 0 Å². The maximum absolute atomic E-state index is 3.55. The lowest BCUT2D eigenvalue weighted by atomic mass is 9.77. The minimum atomic E-state index is 0.487. The smallest absolute Gasteiger partial charge is 0.0352 e. The third kappa shape index (κ3) is 2.64. The minimum absolute atomic E-state index is 0.487. The number of rotatable bonds is 3. The summed E-state index contributed by atoms with van der Waals surface area (Å²) in [5.74, 6) is 0.691. The third-order valence-corrected chi connectivity index (χ3v) is 4.54. The zero-order chi connectivity index (χ0) is 13.9. The van der Waals surface area contributed by atoms with Crippen LogP contribution in [0, 0.1) is 12.8 Å². The Morgan fingerprint density at radius 2 is 1.95 bits per heavy atom. The SMILES string of the molecule is CNC1c2ccccc2CCC1Cc1cccc(C)c1. The number of nitrogens with one attached hydrogen (secondary N) is 1. The maximum atomic E-state index is 3.55. The van der Waals surface area contributed by atoms with Crippen LogP contribution in [-0.4, -0.2) is 7.05 Å². The first kappa shape index (κ1) is 13.4. The molecular weight excluding hydrogens is 242 g/mol. The Balaban J connectivity index is 1.84. The van der Waals surface area contributed by atoms with E-state index in [0.717, 1.165) is 0 Å². The molecule has 2 unspecified atom stereocenters. The van der Waals surface area contributed by atoms with Crippen LogP contribution in [0.5, 0.6) is 0 Å². The monoisotopic (exact) mass is 265 g/mol. The van der Waals surface area contributed by atoms with E-state index in [1.165, 1.54) is 41.5 Å². The molecule has 104 valence electrons. The highest BCUT2D eigenvalue weighted by Gasteiger charge is 2.28. The number of fused-ring (bicyclic) bond motifs is 1. The number of benzene rings is 2. The zero-order valence-corrected chi connectivity index (χ0v) is 12.4. The number of hydrogen-bond donors (Lipinski definition) is 1.